The van der Waals surface area contributed by atoms with Gasteiger partial charge in [0.25, 0.3) is 5.91 Å². The van der Waals surface area contributed by atoms with Crippen molar-refractivity contribution in [2.24, 2.45) is 0 Å². The van der Waals surface area contributed by atoms with Crippen molar-refractivity contribution >= 4 is 5.91 Å². The van der Waals surface area contributed by atoms with Crippen LogP contribution in [0.1, 0.15) is 37.0 Å². The molecule has 0 unspecified atom stereocenters. The molecule has 0 fully saturated rings. The summed E-state index contributed by atoms with van der Waals surface area (Å²) in [7, 11) is 1.83. The number of benzene rings is 1. The number of amides is 1. The number of hydrogen-bond acceptors (Lipinski definition) is 2. The number of nitrogens with zero attached hydrogens (tertiary/aromatic N) is 1. The van der Waals surface area contributed by atoms with Crippen molar-refractivity contribution in [2.45, 2.75) is 32.7 Å². The fourth-order valence-electron chi connectivity index (χ4n) is 1.81. The average molecular weight is 221 g/mol. The van der Waals surface area contributed by atoms with E-state index in [-0.39, 0.29) is 17.7 Å². The third kappa shape index (κ3) is 2.75. The molecule has 0 aliphatic rings. The van der Waals surface area contributed by atoms with Crippen LogP contribution < -0.4 is 0 Å². The smallest absolute Gasteiger partial charge is 0.253 e. The minimum atomic E-state index is 0.00806. The Hall–Kier alpha value is -1.51. The van der Waals surface area contributed by atoms with Crippen LogP contribution in [0.25, 0.3) is 0 Å². The lowest BCUT2D eigenvalue weighted by atomic mass is 10.1. The summed E-state index contributed by atoms with van der Waals surface area (Å²) in [5.41, 5.74) is 0.618. The van der Waals surface area contributed by atoms with E-state index in [9.17, 15) is 4.79 Å². The van der Waals surface area contributed by atoms with Crippen molar-refractivity contribution in [2.75, 3.05) is 7.05 Å². The molecule has 0 saturated heterocycles. The molecule has 0 heterocycles. The van der Waals surface area contributed by atoms with Crippen molar-refractivity contribution in [1.82, 2.24) is 4.90 Å². The molecule has 3 heteroatoms. The quantitative estimate of drug-likeness (QED) is 0.849. The minimum Gasteiger partial charge on any atom is -0.508 e. The number of hydrogen-bond donors (Lipinski definition) is 1. The fourth-order valence-corrected chi connectivity index (χ4v) is 1.81. The molecule has 0 aromatic heterocycles. The zero-order valence-electron chi connectivity index (χ0n) is 10.1. The lowest BCUT2D eigenvalue weighted by molar-refractivity contribution is 0.0723. The summed E-state index contributed by atoms with van der Waals surface area (Å²) < 4.78 is 0. The first kappa shape index (κ1) is 12.6. The van der Waals surface area contributed by atoms with Crippen molar-refractivity contribution < 1.29 is 9.90 Å². The Morgan fingerprint density at radius 3 is 2.19 bits per heavy atom. The summed E-state index contributed by atoms with van der Waals surface area (Å²) in [6.45, 7) is 4.16. The van der Waals surface area contributed by atoms with Gasteiger partial charge in [0, 0.05) is 18.7 Å². The van der Waals surface area contributed by atoms with E-state index >= 15 is 0 Å². The van der Waals surface area contributed by atoms with Crippen LogP contribution in [-0.2, 0) is 0 Å². The van der Waals surface area contributed by atoms with E-state index < -0.39 is 0 Å². The molecule has 0 atom stereocenters. The van der Waals surface area contributed by atoms with E-state index in [0.717, 1.165) is 12.8 Å². The molecular formula is C13H19NO2. The Bertz CT molecular complexity index is 341. The predicted octanol–water partition coefficient (Wildman–Crippen LogP) is 2.65. The number of carbonyl (C=O) groups is 1. The molecule has 1 rings (SSSR count). The molecule has 0 spiro atoms. The zero-order chi connectivity index (χ0) is 12.1. The van der Waals surface area contributed by atoms with Gasteiger partial charge in [-0.15, -0.1) is 0 Å². The van der Waals surface area contributed by atoms with Gasteiger partial charge < -0.3 is 10.0 Å². The Morgan fingerprint density at radius 2 is 1.75 bits per heavy atom. The van der Waals surface area contributed by atoms with E-state index in [1.807, 2.05) is 7.05 Å². The maximum absolute atomic E-state index is 12.1. The number of phenols is 1. The van der Waals surface area contributed by atoms with Crippen LogP contribution in [0.3, 0.4) is 0 Å². The summed E-state index contributed by atoms with van der Waals surface area (Å²) in [5, 5.41) is 9.15. The Balaban J connectivity index is 2.81. The molecule has 0 saturated carbocycles. The van der Waals surface area contributed by atoms with Gasteiger partial charge in [-0.05, 0) is 37.1 Å². The highest BCUT2D eigenvalue weighted by Crippen LogP contribution is 2.14. The van der Waals surface area contributed by atoms with Gasteiger partial charge in [0.1, 0.15) is 5.75 Å². The second-order valence-corrected chi connectivity index (χ2v) is 3.93. The maximum Gasteiger partial charge on any atom is 0.253 e. The van der Waals surface area contributed by atoms with Gasteiger partial charge in [-0.3, -0.25) is 4.79 Å². The first-order chi connectivity index (χ1) is 7.60. The Kier molecular flexibility index (Phi) is 4.35. The maximum atomic E-state index is 12.1. The van der Waals surface area contributed by atoms with Crippen molar-refractivity contribution in [3.63, 3.8) is 0 Å². The minimum absolute atomic E-state index is 0.00806. The molecule has 1 N–H and O–H groups in total. The summed E-state index contributed by atoms with van der Waals surface area (Å²) in [6.07, 6.45) is 1.91. The Morgan fingerprint density at radius 1 is 1.25 bits per heavy atom. The highest BCUT2D eigenvalue weighted by molar-refractivity contribution is 5.94. The zero-order valence-corrected chi connectivity index (χ0v) is 10.1. The molecule has 1 aromatic rings. The second-order valence-electron chi connectivity index (χ2n) is 3.93. The van der Waals surface area contributed by atoms with E-state index in [1.54, 1.807) is 17.0 Å². The van der Waals surface area contributed by atoms with Gasteiger partial charge >= 0.3 is 0 Å². The SMILES string of the molecule is CCC(CC)N(C)C(=O)c1ccc(O)cc1. The van der Waals surface area contributed by atoms with Crippen LogP contribution in [0.4, 0.5) is 0 Å². The van der Waals surface area contributed by atoms with Crippen molar-refractivity contribution in [3.8, 4) is 5.75 Å². The standard InChI is InChI=1S/C13H19NO2/c1-4-11(5-2)14(3)13(16)10-6-8-12(15)9-7-10/h6-9,11,15H,4-5H2,1-3H3. The van der Waals surface area contributed by atoms with Crippen molar-refractivity contribution in [3.05, 3.63) is 29.8 Å². The summed E-state index contributed by atoms with van der Waals surface area (Å²) in [6, 6.07) is 6.65. The Labute approximate surface area is 96.7 Å². The molecule has 0 radical (unpaired) electrons. The van der Waals surface area contributed by atoms with Crippen LogP contribution in [0.5, 0.6) is 5.75 Å². The topological polar surface area (TPSA) is 40.5 Å². The molecule has 3 nitrogen and oxygen atoms in total. The van der Waals surface area contributed by atoms with Crippen molar-refractivity contribution in [1.29, 1.82) is 0 Å². The fraction of sp³-hybridized carbons (Fsp3) is 0.462. The monoisotopic (exact) mass is 221 g/mol. The van der Waals surface area contributed by atoms with Gasteiger partial charge in [0.15, 0.2) is 0 Å². The third-order valence-corrected chi connectivity index (χ3v) is 2.92. The summed E-state index contributed by atoms with van der Waals surface area (Å²) in [4.78, 5) is 13.8. The second kappa shape index (κ2) is 5.54. The normalized spacial score (nSPS) is 10.5. The first-order valence-corrected chi connectivity index (χ1v) is 5.66. The average Bonchev–Trinajstić information content (AvgIpc) is 2.30. The van der Waals surface area contributed by atoms with Crippen LogP contribution in [-0.4, -0.2) is 29.0 Å². The van der Waals surface area contributed by atoms with E-state index in [1.165, 1.54) is 12.1 Å². The van der Waals surface area contributed by atoms with E-state index in [0.29, 0.717) is 5.56 Å². The molecule has 0 aliphatic carbocycles. The van der Waals surface area contributed by atoms with Gasteiger partial charge in [-0.25, -0.2) is 0 Å². The predicted molar refractivity (Wildman–Crippen MR) is 64.6 cm³/mol. The summed E-state index contributed by atoms with van der Waals surface area (Å²) in [5.74, 6) is 0.190. The van der Waals surface area contributed by atoms with E-state index in [4.69, 9.17) is 5.11 Å². The number of phenolic OH excluding ortho intramolecular Hbond substituents is 1. The largest absolute Gasteiger partial charge is 0.508 e. The lowest BCUT2D eigenvalue weighted by Crippen LogP contribution is -2.36. The molecule has 0 aliphatic heterocycles. The van der Waals surface area contributed by atoms with Crippen LogP contribution >= 0.6 is 0 Å². The molecule has 88 valence electrons. The van der Waals surface area contributed by atoms with Gasteiger partial charge in [-0.2, -0.15) is 0 Å². The molecular weight excluding hydrogens is 202 g/mol. The molecule has 1 aromatic carbocycles. The molecule has 0 bridgehead atoms. The third-order valence-electron chi connectivity index (χ3n) is 2.92. The van der Waals surface area contributed by atoms with Gasteiger partial charge in [0.2, 0.25) is 0 Å². The lowest BCUT2D eigenvalue weighted by Gasteiger charge is -2.26. The highest BCUT2D eigenvalue weighted by atomic mass is 16.3. The number of carbonyl (C=O) groups excluding carboxylic acids is 1. The highest BCUT2D eigenvalue weighted by Gasteiger charge is 2.17. The first-order valence-electron chi connectivity index (χ1n) is 5.66. The van der Waals surface area contributed by atoms with Crippen LogP contribution in [0.2, 0.25) is 0 Å². The number of aromatic hydroxyl groups is 1. The van der Waals surface area contributed by atoms with Crippen LogP contribution in [0, 0.1) is 0 Å². The molecule has 1 amide bonds. The summed E-state index contributed by atoms with van der Waals surface area (Å²) >= 11 is 0. The van der Waals surface area contributed by atoms with Gasteiger partial charge in [-0.1, -0.05) is 13.8 Å². The van der Waals surface area contributed by atoms with Crippen LogP contribution in [0.15, 0.2) is 24.3 Å². The molecule has 16 heavy (non-hydrogen) atoms. The van der Waals surface area contributed by atoms with E-state index in [2.05, 4.69) is 13.8 Å². The number of rotatable bonds is 4. The van der Waals surface area contributed by atoms with Gasteiger partial charge in [0.05, 0.1) is 0 Å².